The minimum Gasteiger partial charge on any atom is -0.465 e. The molecule has 3 aromatic heterocycles. The first-order valence-electron chi connectivity index (χ1n) is 14.6. The molecule has 1 saturated heterocycles. The van der Waals surface area contributed by atoms with E-state index in [9.17, 15) is 18.0 Å². The highest BCUT2D eigenvalue weighted by Gasteiger charge is 2.35. The molecule has 0 bridgehead atoms. The summed E-state index contributed by atoms with van der Waals surface area (Å²) in [5.74, 6) is -0.849. The number of fused-ring (bicyclic) bond motifs is 3. The van der Waals surface area contributed by atoms with Gasteiger partial charge in [-0.2, -0.15) is 0 Å². The van der Waals surface area contributed by atoms with Crippen molar-refractivity contribution in [1.29, 1.82) is 0 Å². The molecule has 1 aliphatic rings. The third-order valence-corrected chi connectivity index (χ3v) is 9.65. The number of carbonyl (C=O) groups is 2. The number of esters is 1. The molecule has 1 aliphatic heterocycles. The first kappa shape index (κ1) is 29.4. The topological polar surface area (TPSA) is 136 Å². The lowest BCUT2D eigenvalue weighted by atomic mass is 10.0. The van der Waals surface area contributed by atoms with Crippen molar-refractivity contribution in [2.45, 2.75) is 55.2 Å². The maximum Gasteiger partial charge on any atom is 0.410 e. The quantitative estimate of drug-likeness (QED) is 0.230. The van der Waals surface area contributed by atoms with Crippen LogP contribution < -0.4 is 0 Å². The first-order valence-corrected chi connectivity index (χ1v) is 16.1. The van der Waals surface area contributed by atoms with Crippen LogP contribution in [0.25, 0.3) is 22.1 Å². The summed E-state index contributed by atoms with van der Waals surface area (Å²) in [4.78, 5) is 40.1. The van der Waals surface area contributed by atoms with Crippen molar-refractivity contribution in [2.75, 3.05) is 19.7 Å². The Morgan fingerprint density at radius 1 is 0.977 bits per heavy atom. The summed E-state index contributed by atoms with van der Waals surface area (Å²) in [6.07, 6.45) is 2.40. The predicted molar refractivity (Wildman–Crippen MR) is 163 cm³/mol. The van der Waals surface area contributed by atoms with Gasteiger partial charge in [0.25, 0.3) is 0 Å². The van der Waals surface area contributed by atoms with Gasteiger partial charge in [-0.25, -0.2) is 23.2 Å². The van der Waals surface area contributed by atoms with Crippen LogP contribution in [0.2, 0.25) is 0 Å². The minimum absolute atomic E-state index is 0.0940. The molecule has 228 valence electrons. The fourth-order valence-corrected chi connectivity index (χ4v) is 7.07. The molecule has 1 fully saturated rings. The zero-order chi connectivity index (χ0) is 30.8. The second-order valence-corrected chi connectivity index (χ2v) is 12.6. The van der Waals surface area contributed by atoms with E-state index in [2.05, 4.69) is 9.97 Å². The van der Waals surface area contributed by atoms with Gasteiger partial charge in [0.2, 0.25) is 9.84 Å². The molecule has 0 radical (unpaired) electrons. The summed E-state index contributed by atoms with van der Waals surface area (Å²) in [6, 6.07) is 19.2. The fraction of sp³-hybridized carbons (Fsp3) is 0.312. The first-order chi connectivity index (χ1) is 21.3. The minimum atomic E-state index is -4.07. The number of hydrogen-bond acceptors (Lipinski definition) is 8. The summed E-state index contributed by atoms with van der Waals surface area (Å²) >= 11 is 0. The number of nitrogens with zero attached hydrogens (tertiary/aromatic N) is 4. The molecule has 0 saturated carbocycles. The van der Waals surface area contributed by atoms with Crippen LogP contribution in [0.5, 0.6) is 0 Å². The standard InChI is InChI=1S/C32H33N5O6S/c1-3-42-31(38)21(2)29-34-26-27(25-14-17-33-28(25)35-30(26)44(40,41)24-12-8-5-9-13-24)37(29)23-15-18-36(19-16-23)32(39)43-20-22-10-6-4-7-11-22/h4-14,17,21,23H,3,15-16,18-20H2,1-2H3,(H,33,35). The number of ether oxygens (including phenoxy) is 2. The van der Waals surface area contributed by atoms with E-state index in [-0.39, 0.29) is 34.7 Å². The van der Waals surface area contributed by atoms with Gasteiger partial charge >= 0.3 is 12.1 Å². The van der Waals surface area contributed by atoms with Crippen molar-refractivity contribution in [1.82, 2.24) is 24.4 Å². The second-order valence-electron chi connectivity index (χ2n) is 10.7. The van der Waals surface area contributed by atoms with Crippen LogP contribution in [0, 0.1) is 0 Å². The van der Waals surface area contributed by atoms with E-state index in [1.165, 1.54) is 12.1 Å². The summed E-state index contributed by atoms with van der Waals surface area (Å²) in [6.45, 7) is 4.66. The zero-order valence-electron chi connectivity index (χ0n) is 24.5. The average molecular weight is 616 g/mol. The molecule has 1 amide bonds. The average Bonchev–Trinajstić information content (AvgIpc) is 3.69. The van der Waals surface area contributed by atoms with E-state index in [1.54, 1.807) is 43.1 Å². The maximum atomic E-state index is 13.9. The summed E-state index contributed by atoms with van der Waals surface area (Å²) in [5, 5.41) is 0.498. The van der Waals surface area contributed by atoms with Crippen molar-refractivity contribution >= 4 is 44.0 Å². The van der Waals surface area contributed by atoms with E-state index in [0.717, 1.165) is 5.56 Å². The zero-order valence-corrected chi connectivity index (χ0v) is 25.3. The lowest BCUT2D eigenvalue weighted by Crippen LogP contribution is -2.39. The van der Waals surface area contributed by atoms with Crippen molar-refractivity contribution in [3.63, 3.8) is 0 Å². The Kier molecular flexibility index (Phi) is 8.09. The number of likely N-dealkylation sites (tertiary alicyclic amines) is 1. The fourth-order valence-electron chi connectivity index (χ4n) is 5.72. The Morgan fingerprint density at radius 2 is 1.66 bits per heavy atom. The Morgan fingerprint density at radius 3 is 2.34 bits per heavy atom. The molecule has 1 atom stereocenters. The van der Waals surface area contributed by atoms with Gasteiger partial charge in [-0.3, -0.25) is 4.79 Å². The number of nitrogens with one attached hydrogen (secondary N) is 1. The Balaban J connectivity index is 1.40. The number of H-pyrrole nitrogens is 1. The molecule has 5 aromatic rings. The number of hydrogen-bond donors (Lipinski definition) is 1. The van der Waals surface area contributed by atoms with E-state index < -0.39 is 27.8 Å². The molecular weight excluding hydrogens is 582 g/mol. The monoisotopic (exact) mass is 615 g/mol. The lowest BCUT2D eigenvalue weighted by molar-refractivity contribution is -0.144. The van der Waals surface area contributed by atoms with Gasteiger partial charge in [-0.1, -0.05) is 48.5 Å². The number of aromatic amines is 1. The number of piperidine rings is 1. The van der Waals surface area contributed by atoms with Crippen LogP contribution in [0.15, 0.2) is 82.8 Å². The van der Waals surface area contributed by atoms with Crippen molar-refractivity contribution in [3.8, 4) is 0 Å². The highest BCUT2D eigenvalue weighted by atomic mass is 32.2. The van der Waals surface area contributed by atoms with Gasteiger partial charge in [0.05, 0.1) is 17.0 Å². The van der Waals surface area contributed by atoms with Crippen molar-refractivity contribution < 1.29 is 27.5 Å². The largest absolute Gasteiger partial charge is 0.465 e. The highest BCUT2D eigenvalue weighted by molar-refractivity contribution is 7.91. The smallest absolute Gasteiger partial charge is 0.410 e. The van der Waals surface area contributed by atoms with Crippen LogP contribution in [0.1, 0.15) is 50.0 Å². The van der Waals surface area contributed by atoms with Gasteiger partial charge in [-0.15, -0.1) is 0 Å². The molecular formula is C32H33N5O6S. The van der Waals surface area contributed by atoms with Crippen LogP contribution in [-0.4, -0.2) is 64.6 Å². The molecule has 1 unspecified atom stereocenters. The molecule has 12 heteroatoms. The maximum absolute atomic E-state index is 13.9. The van der Waals surface area contributed by atoms with Crippen LogP contribution in [0.4, 0.5) is 4.79 Å². The van der Waals surface area contributed by atoms with Gasteiger partial charge in [0.1, 0.15) is 29.5 Å². The third kappa shape index (κ3) is 5.41. The SMILES string of the molecule is CCOC(=O)C(C)c1nc2c(S(=O)(=O)c3ccccc3)nc3[nH]ccc3c2n1C1CCN(C(=O)OCc2ccccc2)CC1. The normalized spacial score (nSPS) is 15.0. The Labute approximate surface area is 254 Å². The van der Waals surface area contributed by atoms with E-state index in [0.29, 0.717) is 48.3 Å². The summed E-state index contributed by atoms with van der Waals surface area (Å²) < 4.78 is 40.7. The highest BCUT2D eigenvalue weighted by Crippen LogP contribution is 2.38. The summed E-state index contributed by atoms with van der Waals surface area (Å²) in [5.41, 5.74) is 2.06. The molecule has 44 heavy (non-hydrogen) atoms. The van der Waals surface area contributed by atoms with E-state index in [1.807, 2.05) is 41.0 Å². The van der Waals surface area contributed by atoms with Crippen molar-refractivity contribution in [2.24, 2.45) is 0 Å². The predicted octanol–water partition coefficient (Wildman–Crippen LogP) is 5.39. The number of carbonyl (C=O) groups excluding carboxylic acids is 2. The number of pyridine rings is 1. The second kappa shape index (κ2) is 12.1. The number of benzene rings is 2. The molecule has 0 spiro atoms. The molecule has 0 aliphatic carbocycles. The lowest BCUT2D eigenvalue weighted by Gasteiger charge is -2.33. The van der Waals surface area contributed by atoms with Gasteiger partial charge < -0.3 is 23.9 Å². The van der Waals surface area contributed by atoms with E-state index >= 15 is 0 Å². The van der Waals surface area contributed by atoms with Crippen LogP contribution >= 0.6 is 0 Å². The summed E-state index contributed by atoms with van der Waals surface area (Å²) in [7, 11) is -4.07. The molecule has 2 aromatic carbocycles. The number of aromatic nitrogens is 4. The molecule has 6 rings (SSSR count). The van der Waals surface area contributed by atoms with Crippen molar-refractivity contribution in [3.05, 3.63) is 84.3 Å². The van der Waals surface area contributed by atoms with Crippen LogP contribution in [-0.2, 0) is 30.7 Å². The Bertz CT molecular complexity index is 1910. The number of amides is 1. The van der Waals surface area contributed by atoms with E-state index in [4.69, 9.17) is 14.5 Å². The molecule has 11 nitrogen and oxygen atoms in total. The third-order valence-electron chi connectivity index (χ3n) is 7.96. The Hall–Kier alpha value is -4.71. The van der Waals surface area contributed by atoms with Gasteiger partial charge in [0, 0.05) is 30.7 Å². The van der Waals surface area contributed by atoms with Gasteiger partial charge in [0.15, 0.2) is 5.03 Å². The van der Waals surface area contributed by atoms with Gasteiger partial charge in [-0.05, 0) is 50.5 Å². The molecule has 4 heterocycles. The number of sulfone groups is 1. The number of rotatable bonds is 8. The van der Waals surface area contributed by atoms with Crippen LogP contribution in [0.3, 0.4) is 0 Å². The molecule has 1 N–H and O–H groups in total. The number of imidazole rings is 1.